The van der Waals surface area contributed by atoms with Crippen molar-refractivity contribution in [1.82, 2.24) is 20.2 Å². The number of nitrogens with one attached hydrogen (secondary N) is 2. The van der Waals surface area contributed by atoms with Gasteiger partial charge in [-0.2, -0.15) is 0 Å². The van der Waals surface area contributed by atoms with Crippen LogP contribution in [-0.2, 0) is 16.0 Å². The molecule has 2 rings (SSSR count). The van der Waals surface area contributed by atoms with E-state index in [4.69, 9.17) is 4.74 Å². The summed E-state index contributed by atoms with van der Waals surface area (Å²) in [6.45, 7) is 5.78. The van der Waals surface area contributed by atoms with Crippen molar-refractivity contribution in [3.05, 3.63) is 18.2 Å². The number of H-pyrrole nitrogens is 1. The zero-order valence-corrected chi connectivity index (χ0v) is 11.4. The van der Waals surface area contributed by atoms with Gasteiger partial charge in [0.05, 0.1) is 19.3 Å². The van der Waals surface area contributed by atoms with Crippen LogP contribution >= 0.6 is 0 Å². The molecule has 19 heavy (non-hydrogen) atoms. The SMILES string of the molecule is CCC(C(=O)NCCc1ncc[nH]1)N1CCOCC1. The highest BCUT2D eigenvalue weighted by molar-refractivity contribution is 5.81. The first-order chi connectivity index (χ1) is 9.31. The van der Waals surface area contributed by atoms with E-state index in [0.29, 0.717) is 6.54 Å². The Hall–Kier alpha value is -1.40. The minimum absolute atomic E-state index is 0.0412. The monoisotopic (exact) mass is 266 g/mol. The highest BCUT2D eigenvalue weighted by Crippen LogP contribution is 2.07. The van der Waals surface area contributed by atoms with Gasteiger partial charge in [-0.3, -0.25) is 9.69 Å². The average Bonchev–Trinajstić information content (AvgIpc) is 2.94. The van der Waals surface area contributed by atoms with E-state index in [-0.39, 0.29) is 11.9 Å². The molecule has 1 aliphatic heterocycles. The van der Waals surface area contributed by atoms with Crippen molar-refractivity contribution < 1.29 is 9.53 Å². The van der Waals surface area contributed by atoms with Crippen molar-refractivity contribution in [2.75, 3.05) is 32.8 Å². The number of carbonyl (C=O) groups is 1. The summed E-state index contributed by atoms with van der Waals surface area (Å²) >= 11 is 0. The number of amides is 1. The summed E-state index contributed by atoms with van der Waals surface area (Å²) in [5.41, 5.74) is 0. The highest BCUT2D eigenvalue weighted by Gasteiger charge is 2.25. The third-order valence-electron chi connectivity index (χ3n) is 3.39. The molecule has 1 saturated heterocycles. The van der Waals surface area contributed by atoms with E-state index in [1.165, 1.54) is 0 Å². The molecule has 0 saturated carbocycles. The lowest BCUT2D eigenvalue weighted by Gasteiger charge is -2.32. The second kappa shape index (κ2) is 7.25. The van der Waals surface area contributed by atoms with E-state index >= 15 is 0 Å². The lowest BCUT2D eigenvalue weighted by molar-refractivity contribution is -0.128. The molecule has 2 heterocycles. The van der Waals surface area contributed by atoms with Gasteiger partial charge < -0.3 is 15.0 Å². The van der Waals surface area contributed by atoms with E-state index in [1.807, 2.05) is 6.92 Å². The maximum absolute atomic E-state index is 12.2. The molecule has 1 aliphatic rings. The highest BCUT2D eigenvalue weighted by atomic mass is 16.5. The number of hydrogen-bond donors (Lipinski definition) is 2. The molecule has 106 valence electrons. The van der Waals surface area contributed by atoms with Gasteiger partial charge in [0, 0.05) is 38.4 Å². The number of morpholine rings is 1. The summed E-state index contributed by atoms with van der Waals surface area (Å²) in [5, 5.41) is 2.99. The van der Waals surface area contributed by atoms with Crippen LogP contribution in [-0.4, -0.2) is 59.7 Å². The Labute approximate surface area is 113 Å². The third kappa shape index (κ3) is 4.04. The van der Waals surface area contributed by atoms with Crippen LogP contribution in [0.2, 0.25) is 0 Å². The van der Waals surface area contributed by atoms with Crippen LogP contribution in [0.5, 0.6) is 0 Å². The molecule has 1 fully saturated rings. The van der Waals surface area contributed by atoms with Gasteiger partial charge in [-0.05, 0) is 6.42 Å². The normalized spacial score (nSPS) is 18.2. The Morgan fingerprint density at radius 2 is 2.37 bits per heavy atom. The number of aromatic amines is 1. The summed E-state index contributed by atoms with van der Waals surface area (Å²) in [7, 11) is 0. The Morgan fingerprint density at radius 1 is 1.58 bits per heavy atom. The molecule has 1 aromatic rings. The Morgan fingerprint density at radius 3 is 3.00 bits per heavy atom. The van der Waals surface area contributed by atoms with Crippen molar-refractivity contribution in [1.29, 1.82) is 0 Å². The van der Waals surface area contributed by atoms with E-state index in [2.05, 4.69) is 20.2 Å². The van der Waals surface area contributed by atoms with Crippen LogP contribution in [0.15, 0.2) is 12.4 Å². The smallest absolute Gasteiger partial charge is 0.237 e. The van der Waals surface area contributed by atoms with Crippen molar-refractivity contribution in [2.45, 2.75) is 25.8 Å². The largest absolute Gasteiger partial charge is 0.379 e. The van der Waals surface area contributed by atoms with Gasteiger partial charge in [0.2, 0.25) is 5.91 Å². The summed E-state index contributed by atoms with van der Waals surface area (Å²) in [4.78, 5) is 21.5. The lowest BCUT2D eigenvalue weighted by atomic mass is 10.1. The van der Waals surface area contributed by atoms with Crippen molar-refractivity contribution >= 4 is 5.91 Å². The van der Waals surface area contributed by atoms with Crippen LogP contribution in [0.25, 0.3) is 0 Å². The molecule has 1 amide bonds. The second-order valence-electron chi connectivity index (χ2n) is 4.65. The first kappa shape index (κ1) is 14.0. The van der Waals surface area contributed by atoms with Gasteiger partial charge in [-0.15, -0.1) is 0 Å². The van der Waals surface area contributed by atoms with Crippen LogP contribution in [0.1, 0.15) is 19.2 Å². The summed E-state index contributed by atoms with van der Waals surface area (Å²) in [6, 6.07) is -0.0412. The Bertz CT molecular complexity index is 374. The topological polar surface area (TPSA) is 70.2 Å². The maximum Gasteiger partial charge on any atom is 0.237 e. The molecule has 0 aromatic carbocycles. The minimum atomic E-state index is -0.0412. The van der Waals surface area contributed by atoms with E-state index in [1.54, 1.807) is 12.4 Å². The maximum atomic E-state index is 12.2. The number of hydrogen-bond acceptors (Lipinski definition) is 4. The van der Waals surface area contributed by atoms with Crippen LogP contribution < -0.4 is 5.32 Å². The minimum Gasteiger partial charge on any atom is -0.379 e. The van der Waals surface area contributed by atoms with E-state index in [0.717, 1.165) is 45.0 Å². The molecule has 0 radical (unpaired) electrons. The first-order valence-corrected chi connectivity index (χ1v) is 6.89. The molecule has 6 heteroatoms. The number of imidazole rings is 1. The fourth-order valence-corrected chi connectivity index (χ4v) is 2.36. The van der Waals surface area contributed by atoms with Crippen LogP contribution in [0.4, 0.5) is 0 Å². The molecule has 0 aliphatic carbocycles. The zero-order chi connectivity index (χ0) is 13.5. The van der Waals surface area contributed by atoms with Crippen molar-refractivity contribution in [2.24, 2.45) is 0 Å². The molecule has 1 aromatic heterocycles. The predicted octanol–water partition coefficient (Wildman–Crippen LogP) is 0.179. The molecule has 2 N–H and O–H groups in total. The molecule has 6 nitrogen and oxygen atoms in total. The van der Waals surface area contributed by atoms with Crippen molar-refractivity contribution in [3.63, 3.8) is 0 Å². The zero-order valence-electron chi connectivity index (χ0n) is 11.4. The summed E-state index contributed by atoms with van der Waals surface area (Å²) in [6.07, 6.45) is 5.07. The fourth-order valence-electron chi connectivity index (χ4n) is 2.36. The van der Waals surface area contributed by atoms with Gasteiger partial charge >= 0.3 is 0 Å². The van der Waals surface area contributed by atoms with Gasteiger partial charge in [-0.25, -0.2) is 4.98 Å². The predicted molar refractivity (Wildman–Crippen MR) is 71.8 cm³/mol. The van der Waals surface area contributed by atoms with E-state index < -0.39 is 0 Å². The lowest BCUT2D eigenvalue weighted by Crippen LogP contribution is -2.51. The molecule has 0 spiro atoms. The quantitative estimate of drug-likeness (QED) is 0.770. The molecular weight excluding hydrogens is 244 g/mol. The molecule has 0 bridgehead atoms. The number of nitrogens with zero attached hydrogens (tertiary/aromatic N) is 2. The van der Waals surface area contributed by atoms with E-state index in [9.17, 15) is 4.79 Å². The molecule has 1 unspecified atom stereocenters. The van der Waals surface area contributed by atoms with Gasteiger partial charge in [0.25, 0.3) is 0 Å². The number of carbonyl (C=O) groups excluding carboxylic acids is 1. The number of ether oxygens (including phenoxy) is 1. The van der Waals surface area contributed by atoms with Gasteiger partial charge in [-0.1, -0.05) is 6.92 Å². The standard InChI is InChI=1S/C13H22N4O2/c1-2-11(17-7-9-19-10-8-17)13(18)16-4-3-12-14-5-6-15-12/h5-6,11H,2-4,7-10H2,1H3,(H,14,15)(H,16,18). The Balaban J connectivity index is 1.76. The van der Waals surface area contributed by atoms with Crippen molar-refractivity contribution in [3.8, 4) is 0 Å². The van der Waals surface area contributed by atoms with Crippen LogP contribution in [0, 0.1) is 0 Å². The number of rotatable bonds is 6. The Kier molecular flexibility index (Phi) is 5.35. The van der Waals surface area contributed by atoms with Crippen LogP contribution in [0.3, 0.4) is 0 Å². The fraction of sp³-hybridized carbons (Fsp3) is 0.692. The van der Waals surface area contributed by atoms with Gasteiger partial charge in [0.1, 0.15) is 5.82 Å². The molecular formula is C13H22N4O2. The average molecular weight is 266 g/mol. The molecule has 1 atom stereocenters. The third-order valence-corrected chi connectivity index (χ3v) is 3.39. The second-order valence-corrected chi connectivity index (χ2v) is 4.65. The number of aromatic nitrogens is 2. The summed E-state index contributed by atoms with van der Waals surface area (Å²) < 4.78 is 5.32. The summed E-state index contributed by atoms with van der Waals surface area (Å²) in [5.74, 6) is 1.01. The first-order valence-electron chi connectivity index (χ1n) is 6.89. The van der Waals surface area contributed by atoms with Gasteiger partial charge in [0.15, 0.2) is 0 Å².